The third kappa shape index (κ3) is 14.6. The fourth-order valence-electron chi connectivity index (χ4n) is 9.51. The van der Waals surface area contributed by atoms with Gasteiger partial charge in [-0.1, -0.05) is 47.2 Å². The number of carboxylic acids is 1. The van der Waals surface area contributed by atoms with Crippen LogP contribution in [-0.4, -0.2) is 61.7 Å². The Balaban J connectivity index is 0.000000173. The number of carbonyl (C=O) groups excluding carboxylic acids is 2. The van der Waals surface area contributed by atoms with Crippen LogP contribution >= 0.6 is 57.7 Å². The van der Waals surface area contributed by atoms with E-state index in [-0.39, 0.29) is 58.4 Å². The predicted molar refractivity (Wildman–Crippen MR) is 288 cm³/mol. The Morgan fingerprint density at radius 3 is 1.59 bits per heavy atom. The maximum absolute atomic E-state index is 14.7. The van der Waals surface area contributed by atoms with Crippen LogP contribution in [0.25, 0.3) is 49.9 Å². The quantitative estimate of drug-likeness (QED) is 0.0398. The lowest BCUT2D eigenvalue weighted by molar-refractivity contribution is 0.0690. The monoisotopic (exact) mass is 1180 g/mol. The molecule has 0 radical (unpaired) electrons. The highest BCUT2D eigenvalue weighted by Gasteiger charge is 2.32. The molecule has 0 aliphatic heterocycles. The van der Waals surface area contributed by atoms with Crippen molar-refractivity contribution in [3.63, 3.8) is 0 Å². The number of aromatic nitrogens is 8. The van der Waals surface area contributed by atoms with Gasteiger partial charge in [0.25, 0.3) is 5.82 Å². The first kappa shape index (κ1) is 57.7. The van der Waals surface area contributed by atoms with E-state index in [9.17, 15) is 28.3 Å². The normalized spacial score (nSPS) is 17.5. The number of hydrogen-bond acceptors (Lipinski definition) is 13. The van der Waals surface area contributed by atoms with Crippen molar-refractivity contribution < 1.29 is 28.3 Å². The van der Waals surface area contributed by atoms with Gasteiger partial charge >= 0.3 is 5.97 Å². The van der Waals surface area contributed by atoms with E-state index in [2.05, 4.69) is 91.6 Å². The number of thiophene rings is 2. The van der Waals surface area contributed by atoms with E-state index >= 15 is 0 Å². The number of carbonyl (C=O) groups is 3. The summed E-state index contributed by atoms with van der Waals surface area (Å²) in [6.45, 7) is 7.25. The number of Topliss-reactive ketones (excluding diaryl/α,β-unsaturated/α-hetero) is 2. The molecule has 0 aromatic carbocycles. The van der Waals surface area contributed by atoms with E-state index in [1.807, 2.05) is 9.13 Å². The lowest BCUT2D eigenvalue weighted by atomic mass is 9.82. The van der Waals surface area contributed by atoms with Gasteiger partial charge in [0.2, 0.25) is 0 Å². The average molecular weight is 1180 g/mol. The molecular weight excluding hydrogens is 1140 g/mol. The number of nitrogens with one attached hydrogen (secondary N) is 1. The highest BCUT2D eigenvalue weighted by atomic mass is 35.5. The summed E-state index contributed by atoms with van der Waals surface area (Å²) in [6, 6.07) is 15.7. The second-order valence-corrected chi connectivity index (χ2v) is 21.2. The van der Waals surface area contributed by atoms with Crippen molar-refractivity contribution >= 4 is 103 Å². The SMILES string of the molecule is N=N/N=N/N=N/N=N/N=N/N=NCl.O=C(O)c1cc2nc(-c3ncccc3F)n([C@H]3CCC[C@@H](CC(=O)c4ccc(Cl)s4)C3)c2cn1.[C-]#[N+]c1cc2nc(-c3ncccc3F)n([C@H]3CCC[C@@H](CC(=O)c4ccc(Cl)s4)C3)c2cn1. The van der Waals surface area contributed by atoms with Gasteiger partial charge in [-0.05, 0) is 163 Å². The van der Waals surface area contributed by atoms with Crippen LogP contribution < -0.4 is 0 Å². The van der Waals surface area contributed by atoms with Gasteiger partial charge in [0, 0.05) is 37.3 Å². The van der Waals surface area contributed by atoms with Crippen molar-refractivity contribution in [1.29, 1.82) is 5.53 Å². The van der Waals surface area contributed by atoms with Gasteiger partial charge in [0.1, 0.15) is 28.8 Å². The number of carboxylic acid groups (broad SMARTS) is 1. The molecule has 4 atom stereocenters. The van der Waals surface area contributed by atoms with Gasteiger partial charge in [-0.15, -0.1) is 27.7 Å². The Morgan fingerprint density at radius 1 is 0.675 bits per heavy atom. The molecule has 2 fully saturated rings. The van der Waals surface area contributed by atoms with Crippen LogP contribution in [0.1, 0.15) is 106 Å². The Morgan fingerprint density at radius 2 is 1.15 bits per heavy atom. The topological polar surface area (TPSA) is 323 Å². The standard InChI is InChI=1S/C24H19ClFN5OS.C24H20ClFN4O3S.ClHN12/c1-27-22-12-17-18(13-29-22)31(24(30-17)23-16(26)6-3-9-28-23)15-5-2-4-14(10-15)11-19(32)20-7-8-21(25)33-20;25-21-7-6-20(34-21)19(31)10-13-3-1-4-14(9-13)30-18-12-28-17(24(32)33)11-16(18)29-23(30)22-15(26)5-2-8-27-22;1-3-5-7-9-11-13-12-10-8-6-4-2/h3,6-9,12-15H,2,4-5,10-11H2;2,5-8,11-14H,1,3-4,9-10H2,(H,32,33);2H/b;;4-2?,5-3?,8-6+,9-7+,12-10+,13-11+/t14-,15+;13-,14+;/m11./s1. The van der Waals surface area contributed by atoms with Crippen molar-refractivity contribution in [3.05, 3.63) is 133 Å². The fourth-order valence-corrected chi connectivity index (χ4v) is 11.5. The minimum Gasteiger partial charge on any atom is -0.477 e. The van der Waals surface area contributed by atoms with Gasteiger partial charge in [-0.25, -0.2) is 38.5 Å². The number of nitrogens with zero attached hydrogens (tertiary/aromatic N) is 20. The molecule has 80 heavy (non-hydrogen) atoms. The molecule has 0 unspecified atom stereocenters. The summed E-state index contributed by atoms with van der Waals surface area (Å²) in [5.74, 6) is -0.604. The van der Waals surface area contributed by atoms with Gasteiger partial charge in [0.15, 0.2) is 34.8 Å². The Kier molecular flexibility index (Phi) is 20.2. The van der Waals surface area contributed by atoms with Crippen LogP contribution in [0.2, 0.25) is 8.67 Å². The van der Waals surface area contributed by atoms with E-state index in [4.69, 9.17) is 47.1 Å². The number of aromatic carboxylic acids is 1. The maximum Gasteiger partial charge on any atom is 0.354 e. The first-order chi connectivity index (χ1) is 38.8. The number of rotatable bonds is 16. The summed E-state index contributed by atoms with van der Waals surface area (Å²) < 4.78 is 37.2. The van der Waals surface area contributed by atoms with Crippen LogP contribution in [0.4, 0.5) is 14.6 Å². The number of halogens is 5. The lowest BCUT2D eigenvalue weighted by Gasteiger charge is -2.31. The summed E-state index contributed by atoms with van der Waals surface area (Å²) in [5.41, 5.74) is 8.63. The maximum atomic E-state index is 14.7. The fraction of sp³-hybridized carbons (Fsp3) is 0.292. The molecular formula is C48H40Cl3F2N21O4S2. The molecule has 2 N–H and O–H groups in total. The Hall–Kier alpha value is -8.43. The highest BCUT2D eigenvalue weighted by Crippen LogP contribution is 2.42. The molecule has 10 rings (SSSR count). The van der Waals surface area contributed by atoms with E-state index in [1.54, 1.807) is 48.8 Å². The van der Waals surface area contributed by atoms with Gasteiger partial charge in [0.05, 0.1) is 53.0 Å². The molecule has 408 valence electrons. The van der Waals surface area contributed by atoms with Crippen molar-refractivity contribution in [1.82, 2.24) is 39.0 Å². The zero-order valence-corrected chi connectivity index (χ0v) is 45.2. The van der Waals surface area contributed by atoms with Crippen LogP contribution in [0, 0.1) is 35.6 Å². The van der Waals surface area contributed by atoms with Gasteiger partial charge < -0.3 is 19.1 Å². The third-order valence-electron chi connectivity index (χ3n) is 12.7. The molecule has 8 aromatic rings. The molecule has 32 heteroatoms. The van der Waals surface area contributed by atoms with Crippen molar-refractivity contribution in [3.8, 4) is 23.0 Å². The minimum absolute atomic E-state index is 0.0190. The number of imidazole rings is 2. The lowest BCUT2D eigenvalue weighted by Crippen LogP contribution is -2.22. The van der Waals surface area contributed by atoms with E-state index in [1.165, 1.54) is 59.3 Å². The van der Waals surface area contributed by atoms with E-state index in [0.717, 1.165) is 50.5 Å². The molecule has 0 spiro atoms. The summed E-state index contributed by atoms with van der Waals surface area (Å²) >= 11 is 19.3. The molecule has 2 aliphatic rings. The number of hydrogen-bond donors (Lipinski definition) is 2. The minimum atomic E-state index is -1.16. The summed E-state index contributed by atoms with van der Waals surface area (Å²) in [4.78, 5) is 67.7. The molecule has 8 heterocycles. The Bertz CT molecular complexity index is 3750. The average Bonchev–Trinajstić information content (AvgIpc) is 4.37. The number of fused-ring (bicyclic) bond motifs is 2. The van der Waals surface area contributed by atoms with E-state index < -0.39 is 17.6 Å². The largest absolute Gasteiger partial charge is 0.477 e. The zero-order chi connectivity index (χ0) is 56.5. The van der Waals surface area contributed by atoms with Crippen molar-refractivity contribution in [2.45, 2.75) is 76.3 Å². The Labute approximate surface area is 474 Å². The first-order valence-corrected chi connectivity index (χ1v) is 26.7. The predicted octanol–water partition coefficient (Wildman–Crippen LogP) is 16.0. The zero-order valence-electron chi connectivity index (χ0n) is 41.3. The highest BCUT2D eigenvalue weighted by molar-refractivity contribution is 7.18. The second kappa shape index (κ2) is 27.9. The smallest absolute Gasteiger partial charge is 0.354 e. The molecule has 0 bridgehead atoms. The second-order valence-electron chi connectivity index (χ2n) is 17.6. The molecule has 0 saturated heterocycles. The van der Waals surface area contributed by atoms with Gasteiger partial charge in [-0.2, -0.15) is 5.53 Å². The number of pyridine rings is 4. The summed E-state index contributed by atoms with van der Waals surface area (Å²) in [6.07, 6.45) is 13.9. The molecule has 2 saturated carbocycles. The summed E-state index contributed by atoms with van der Waals surface area (Å²) in [5, 5.41) is 37.9. The van der Waals surface area contributed by atoms with Crippen LogP contribution in [0.15, 0.2) is 142 Å². The van der Waals surface area contributed by atoms with Crippen molar-refractivity contribution in [2.24, 2.45) is 68.7 Å². The van der Waals surface area contributed by atoms with Crippen LogP contribution in [0.3, 0.4) is 0 Å². The molecule has 2 aliphatic carbocycles. The number of ketones is 2. The van der Waals surface area contributed by atoms with Crippen LogP contribution in [-0.2, 0) is 0 Å². The van der Waals surface area contributed by atoms with E-state index in [0.29, 0.717) is 65.9 Å². The van der Waals surface area contributed by atoms with Crippen LogP contribution in [0.5, 0.6) is 0 Å². The third-order valence-corrected chi connectivity index (χ3v) is 15.3. The van der Waals surface area contributed by atoms with Gasteiger partial charge in [-0.3, -0.25) is 9.59 Å². The molecule has 8 aromatic heterocycles. The summed E-state index contributed by atoms with van der Waals surface area (Å²) in [7, 11) is 0. The molecule has 25 nitrogen and oxygen atoms in total. The first-order valence-electron chi connectivity index (χ1n) is 24.0. The van der Waals surface area contributed by atoms with Crippen molar-refractivity contribution in [2.75, 3.05) is 0 Å². The molecule has 0 amide bonds.